The van der Waals surface area contributed by atoms with Gasteiger partial charge in [0.2, 0.25) is 0 Å². The van der Waals surface area contributed by atoms with Crippen LogP contribution in [-0.4, -0.2) is 0 Å². The monoisotopic (exact) mass is 354 g/mol. The molecule has 1 aliphatic rings. The molecule has 0 heterocycles. The molecule has 0 aromatic heterocycles. The van der Waals surface area contributed by atoms with Gasteiger partial charge in [0.25, 0.3) is 0 Å². The molecule has 0 amide bonds. The lowest BCUT2D eigenvalue weighted by atomic mass is 9.84. The van der Waals surface area contributed by atoms with Gasteiger partial charge in [0, 0.05) is 5.92 Å². The van der Waals surface area contributed by atoms with Crippen molar-refractivity contribution in [1.29, 1.82) is 0 Å². The van der Waals surface area contributed by atoms with E-state index < -0.39 is 0 Å². The molecule has 0 atom stereocenters. The van der Waals surface area contributed by atoms with E-state index in [0.717, 1.165) is 0 Å². The third kappa shape index (κ3) is 6.31. The first-order valence-electron chi connectivity index (χ1n) is 10.9. The SMILES string of the molecule is CC.CC.CC.CCCC1c2cc(C)ccc2CCc2ccc(C)cc21. The molecule has 0 unspecified atom stereocenters. The molecule has 0 fully saturated rings. The zero-order valence-electron chi connectivity index (χ0n) is 18.9. The van der Waals surface area contributed by atoms with Crippen LogP contribution in [0.25, 0.3) is 0 Å². The van der Waals surface area contributed by atoms with E-state index in [1.807, 2.05) is 41.5 Å². The Morgan fingerprint density at radius 3 is 1.42 bits per heavy atom. The van der Waals surface area contributed by atoms with E-state index in [9.17, 15) is 0 Å². The molecule has 0 saturated carbocycles. The van der Waals surface area contributed by atoms with Gasteiger partial charge in [-0.05, 0) is 55.4 Å². The highest BCUT2D eigenvalue weighted by atomic mass is 14.3. The summed E-state index contributed by atoms with van der Waals surface area (Å²) in [7, 11) is 0. The van der Waals surface area contributed by atoms with Crippen LogP contribution in [0.1, 0.15) is 101 Å². The summed E-state index contributed by atoms with van der Waals surface area (Å²) in [5, 5.41) is 0. The summed E-state index contributed by atoms with van der Waals surface area (Å²) < 4.78 is 0. The molecule has 0 nitrogen and oxygen atoms in total. The van der Waals surface area contributed by atoms with Crippen molar-refractivity contribution in [1.82, 2.24) is 0 Å². The lowest BCUT2D eigenvalue weighted by molar-refractivity contribution is 0.694. The molecule has 146 valence electrons. The van der Waals surface area contributed by atoms with Crippen LogP contribution in [0.2, 0.25) is 0 Å². The summed E-state index contributed by atoms with van der Waals surface area (Å²) in [5.41, 5.74) is 9.06. The van der Waals surface area contributed by atoms with E-state index in [0.29, 0.717) is 5.92 Å². The van der Waals surface area contributed by atoms with Gasteiger partial charge in [-0.15, -0.1) is 0 Å². The normalized spacial score (nSPS) is 11.9. The molecule has 2 aromatic rings. The summed E-state index contributed by atoms with van der Waals surface area (Å²) in [6, 6.07) is 14.1. The Morgan fingerprint density at radius 1 is 0.692 bits per heavy atom. The Hall–Kier alpha value is -1.56. The van der Waals surface area contributed by atoms with Gasteiger partial charge in [-0.3, -0.25) is 0 Å². The third-order valence-corrected chi connectivity index (χ3v) is 4.59. The van der Waals surface area contributed by atoms with Crippen molar-refractivity contribution in [2.24, 2.45) is 0 Å². The molecule has 2 aromatic carbocycles. The molecule has 3 rings (SSSR count). The van der Waals surface area contributed by atoms with Gasteiger partial charge in [-0.25, -0.2) is 0 Å². The Bertz CT molecular complexity index is 568. The summed E-state index contributed by atoms with van der Waals surface area (Å²) in [4.78, 5) is 0. The molecule has 0 spiro atoms. The number of hydrogen-bond donors (Lipinski definition) is 0. The average molecular weight is 355 g/mol. The fourth-order valence-electron chi connectivity index (χ4n) is 3.57. The van der Waals surface area contributed by atoms with Crippen LogP contribution in [0.3, 0.4) is 0 Å². The van der Waals surface area contributed by atoms with Crippen LogP contribution in [0.15, 0.2) is 36.4 Å². The first kappa shape index (κ1) is 24.4. The first-order valence-corrected chi connectivity index (χ1v) is 10.9. The van der Waals surface area contributed by atoms with Crippen molar-refractivity contribution in [3.63, 3.8) is 0 Å². The lowest BCUT2D eigenvalue weighted by Crippen LogP contribution is -2.04. The fourth-order valence-corrected chi connectivity index (χ4v) is 3.57. The largest absolute Gasteiger partial charge is 0.0683 e. The molecule has 0 saturated heterocycles. The molecule has 26 heavy (non-hydrogen) atoms. The number of rotatable bonds is 2. The third-order valence-electron chi connectivity index (χ3n) is 4.59. The standard InChI is InChI=1S/C20H24.3C2H6/c1-4-5-18-19-12-14(2)6-8-16(19)10-11-17-9-7-15(3)13-20(17)18;3*1-2/h6-9,12-13,18H,4-5,10-11H2,1-3H3;3*1-2H3. The summed E-state index contributed by atoms with van der Waals surface area (Å²) in [6.45, 7) is 18.7. The predicted molar refractivity (Wildman–Crippen MR) is 121 cm³/mol. The predicted octanol–water partition coefficient (Wildman–Crippen LogP) is 8.41. The molecule has 1 aliphatic carbocycles. The topological polar surface area (TPSA) is 0 Å². The van der Waals surface area contributed by atoms with Gasteiger partial charge in [0.1, 0.15) is 0 Å². The molecular weight excluding hydrogens is 312 g/mol. The van der Waals surface area contributed by atoms with Crippen LogP contribution in [0.5, 0.6) is 0 Å². The van der Waals surface area contributed by atoms with Crippen LogP contribution in [0.4, 0.5) is 0 Å². The maximum absolute atomic E-state index is 2.42. The van der Waals surface area contributed by atoms with Crippen LogP contribution in [0, 0.1) is 13.8 Å². The van der Waals surface area contributed by atoms with Crippen LogP contribution in [-0.2, 0) is 12.8 Å². The van der Waals surface area contributed by atoms with Gasteiger partial charge in [-0.2, -0.15) is 0 Å². The van der Waals surface area contributed by atoms with E-state index in [2.05, 4.69) is 57.2 Å². The smallest absolute Gasteiger partial charge is 0.00948 e. The Balaban J connectivity index is 0.000000948. The van der Waals surface area contributed by atoms with E-state index in [4.69, 9.17) is 0 Å². The van der Waals surface area contributed by atoms with Crippen molar-refractivity contribution in [2.75, 3.05) is 0 Å². The second kappa shape index (κ2) is 13.6. The van der Waals surface area contributed by atoms with Gasteiger partial charge in [0.05, 0.1) is 0 Å². The number of aryl methyl sites for hydroxylation is 4. The highest BCUT2D eigenvalue weighted by Gasteiger charge is 2.23. The minimum atomic E-state index is 0.590. The van der Waals surface area contributed by atoms with Crippen molar-refractivity contribution in [3.05, 3.63) is 69.8 Å². The second-order valence-corrected chi connectivity index (χ2v) is 6.25. The van der Waals surface area contributed by atoms with Gasteiger partial charge >= 0.3 is 0 Å². The quantitative estimate of drug-likeness (QED) is 0.507. The summed E-state index contributed by atoms with van der Waals surface area (Å²) >= 11 is 0. The van der Waals surface area contributed by atoms with Crippen LogP contribution >= 0.6 is 0 Å². The minimum absolute atomic E-state index is 0.590. The summed E-state index contributed by atoms with van der Waals surface area (Å²) in [6.07, 6.45) is 4.87. The van der Waals surface area contributed by atoms with Crippen molar-refractivity contribution in [2.45, 2.75) is 93.9 Å². The van der Waals surface area contributed by atoms with Crippen molar-refractivity contribution in [3.8, 4) is 0 Å². The van der Waals surface area contributed by atoms with Gasteiger partial charge in [-0.1, -0.05) is 102 Å². The van der Waals surface area contributed by atoms with E-state index in [-0.39, 0.29) is 0 Å². The second-order valence-electron chi connectivity index (χ2n) is 6.25. The lowest BCUT2D eigenvalue weighted by Gasteiger charge is -2.21. The van der Waals surface area contributed by atoms with Crippen molar-refractivity contribution < 1.29 is 0 Å². The molecule has 0 N–H and O–H groups in total. The van der Waals surface area contributed by atoms with E-state index in [1.165, 1.54) is 36.8 Å². The highest BCUT2D eigenvalue weighted by molar-refractivity contribution is 5.47. The average Bonchev–Trinajstić information content (AvgIpc) is 2.84. The zero-order chi connectivity index (χ0) is 20.1. The van der Waals surface area contributed by atoms with Gasteiger partial charge in [0.15, 0.2) is 0 Å². The maximum atomic E-state index is 2.42. The number of benzene rings is 2. The number of hydrogen-bond acceptors (Lipinski definition) is 0. The highest BCUT2D eigenvalue weighted by Crippen LogP contribution is 2.38. The molecule has 0 heteroatoms. The fraction of sp³-hybridized carbons (Fsp3) is 0.538. The van der Waals surface area contributed by atoms with E-state index >= 15 is 0 Å². The Kier molecular flexibility index (Phi) is 12.8. The van der Waals surface area contributed by atoms with E-state index in [1.54, 1.807) is 22.3 Å². The minimum Gasteiger partial charge on any atom is -0.0683 e. The molecule has 0 bridgehead atoms. The Morgan fingerprint density at radius 2 is 1.08 bits per heavy atom. The molecule has 0 aliphatic heterocycles. The molecular formula is C26H42. The number of fused-ring (bicyclic) bond motifs is 2. The zero-order valence-corrected chi connectivity index (χ0v) is 18.9. The molecule has 0 radical (unpaired) electrons. The van der Waals surface area contributed by atoms with Crippen LogP contribution < -0.4 is 0 Å². The Labute approximate surface area is 164 Å². The maximum Gasteiger partial charge on any atom is 0.00948 e. The van der Waals surface area contributed by atoms with Gasteiger partial charge < -0.3 is 0 Å². The summed E-state index contributed by atoms with van der Waals surface area (Å²) in [5.74, 6) is 0.590. The van der Waals surface area contributed by atoms with Crippen molar-refractivity contribution >= 4 is 0 Å². The first-order chi connectivity index (χ1) is 12.7.